The summed E-state index contributed by atoms with van der Waals surface area (Å²) in [5, 5.41) is 2.35. The molecule has 1 N–H and O–H groups in total. The van der Waals surface area contributed by atoms with Gasteiger partial charge >= 0.3 is 11.9 Å². The van der Waals surface area contributed by atoms with Gasteiger partial charge in [0, 0.05) is 5.56 Å². The first-order valence-electron chi connectivity index (χ1n) is 9.74. The topological polar surface area (TPSA) is 125 Å². The number of hydrogen-bond acceptors (Lipinski definition) is 8. The summed E-state index contributed by atoms with van der Waals surface area (Å²) >= 11 is 0. The monoisotopic (exact) mass is 439 g/mol. The maximum atomic E-state index is 12.4. The summed E-state index contributed by atoms with van der Waals surface area (Å²) in [6, 6.07) is 10.7. The highest BCUT2D eigenvalue weighted by Gasteiger charge is 2.29. The molecule has 0 radical (unpaired) electrons. The maximum Gasteiger partial charge on any atom is 0.375 e. The Hall–Kier alpha value is -4.14. The third-order valence-electron chi connectivity index (χ3n) is 4.44. The highest BCUT2D eigenvalue weighted by atomic mass is 16.5. The lowest BCUT2D eigenvalue weighted by atomic mass is 10.1. The molecule has 9 nitrogen and oxygen atoms in total. The zero-order chi connectivity index (χ0) is 23.3. The largest absolute Gasteiger partial charge is 0.462 e. The molecule has 0 aliphatic rings. The van der Waals surface area contributed by atoms with E-state index in [2.05, 4.69) is 5.32 Å². The van der Waals surface area contributed by atoms with Crippen LogP contribution in [-0.2, 0) is 14.3 Å². The van der Waals surface area contributed by atoms with Crippen LogP contribution in [-0.4, -0.2) is 36.8 Å². The number of rotatable bonds is 8. The van der Waals surface area contributed by atoms with E-state index in [9.17, 15) is 19.2 Å². The van der Waals surface area contributed by atoms with Gasteiger partial charge in [-0.1, -0.05) is 30.3 Å². The van der Waals surface area contributed by atoms with Gasteiger partial charge in [-0.05, 0) is 32.4 Å². The van der Waals surface area contributed by atoms with Crippen LogP contribution in [0.4, 0.5) is 5.88 Å². The minimum absolute atomic E-state index is 0.0128. The fourth-order valence-corrected chi connectivity index (χ4v) is 3.13. The summed E-state index contributed by atoms with van der Waals surface area (Å²) in [6.07, 6.45) is 1.35. The molecule has 9 heteroatoms. The molecular formula is C23H21NO8. The summed E-state index contributed by atoms with van der Waals surface area (Å²) in [5.74, 6) is -3.01. The lowest BCUT2D eigenvalue weighted by molar-refractivity contribution is -0.119. The van der Waals surface area contributed by atoms with E-state index in [4.69, 9.17) is 18.3 Å². The molecule has 2 heterocycles. The third-order valence-corrected chi connectivity index (χ3v) is 4.44. The normalized spacial score (nSPS) is 10.5. The number of ketones is 1. The first-order valence-corrected chi connectivity index (χ1v) is 9.74. The number of carbonyl (C=O) groups excluding carboxylic acids is 4. The van der Waals surface area contributed by atoms with Crippen molar-refractivity contribution >= 4 is 29.5 Å². The Morgan fingerprint density at radius 2 is 1.69 bits per heavy atom. The van der Waals surface area contributed by atoms with Gasteiger partial charge in [-0.2, -0.15) is 0 Å². The Morgan fingerprint density at radius 3 is 2.34 bits per heavy atom. The second-order valence-corrected chi connectivity index (χ2v) is 6.67. The number of esters is 2. The van der Waals surface area contributed by atoms with Crippen molar-refractivity contribution in [3.63, 3.8) is 0 Å². The number of anilines is 1. The Morgan fingerprint density at radius 1 is 0.969 bits per heavy atom. The first-order chi connectivity index (χ1) is 15.3. The Labute approximate surface area is 183 Å². The molecule has 0 bridgehead atoms. The standard InChI is InChI=1S/C23H21NO8/c1-4-29-22(27)19-18(13(2)25)14(3)32-21(19)24-17(26)12-31-23(28)20-16(10-11-30-20)15-8-6-5-7-9-15/h5-11H,4,12H2,1-3H3,(H,24,26). The predicted octanol–water partition coefficient (Wildman–Crippen LogP) is 4.02. The van der Waals surface area contributed by atoms with Crippen molar-refractivity contribution in [2.75, 3.05) is 18.5 Å². The van der Waals surface area contributed by atoms with E-state index in [0.717, 1.165) is 5.56 Å². The van der Waals surface area contributed by atoms with Crippen LogP contribution in [0.1, 0.15) is 50.9 Å². The molecule has 2 aromatic heterocycles. The van der Waals surface area contributed by atoms with Gasteiger partial charge in [-0.3, -0.25) is 14.9 Å². The molecular weight excluding hydrogens is 418 g/mol. The highest BCUT2D eigenvalue weighted by molar-refractivity contribution is 6.11. The molecule has 0 fully saturated rings. The van der Waals surface area contributed by atoms with E-state index < -0.39 is 30.2 Å². The minimum Gasteiger partial charge on any atom is -0.462 e. The van der Waals surface area contributed by atoms with Gasteiger partial charge < -0.3 is 18.3 Å². The number of carbonyl (C=O) groups is 4. The molecule has 1 aromatic carbocycles. The molecule has 0 saturated carbocycles. The molecule has 0 aliphatic heterocycles. The number of amides is 1. The fourth-order valence-electron chi connectivity index (χ4n) is 3.13. The first kappa shape index (κ1) is 22.5. The minimum atomic E-state index is -0.838. The van der Waals surface area contributed by atoms with Gasteiger partial charge in [0.1, 0.15) is 11.3 Å². The number of aryl methyl sites for hydroxylation is 1. The van der Waals surface area contributed by atoms with E-state index >= 15 is 0 Å². The number of hydrogen-bond donors (Lipinski definition) is 1. The fraction of sp³-hybridized carbons (Fsp3) is 0.217. The zero-order valence-corrected chi connectivity index (χ0v) is 17.7. The molecule has 32 heavy (non-hydrogen) atoms. The molecule has 0 aliphatic carbocycles. The van der Waals surface area contributed by atoms with Gasteiger partial charge in [0.2, 0.25) is 11.6 Å². The van der Waals surface area contributed by atoms with Gasteiger partial charge in [-0.15, -0.1) is 0 Å². The number of benzene rings is 1. The van der Waals surface area contributed by atoms with Crippen molar-refractivity contribution in [2.24, 2.45) is 0 Å². The van der Waals surface area contributed by atoms with Crippen molar-refractivity contribution in [1.29, 1.82) is 0 Å². The van der Waals surface area contributed by atoms with Gasteiger partial charge in [-0.25, -0.2) is 9.59 Å². The van der Waals surface area contributed by atoms with Crippen molar-refractivity contribution in [2.45, 2.75) is 20.8 Å². The highest BCUT2D eigenvalue weighted by Crippen LogP contribution is 2.29. The van der Waals surface area contributed by atoms with Crippen molar-refractivity contribution in [3.05, 3.63) is 65.3 Å². The molecule has 0 saturated heterocycles. The van der Waals surface area contributed by atoms with Crippen LogP contribution in [0.2, 0.25) is 0 Å². The average molecular weight is 439 g/mol. The van der Waals surface area contributed by atoms with E-state index in [1.807, 2.05) is 18.2 Å². The van der Waals surface area contributed by atoms with Crippen LogP contribution in [0.5, 0.6) is 0 Å². The van der Waals surface area contributed by atoms with E-state index in [1.54, 1.807) is 25.1 Å². The lowest BCUT2D eigenvalue weighted by Gasteiger charge is -2.07. The summed E-state index contributed by atoms with van der Waals surface area (Å²) in [6.45, 7) is 3.75. The van der Waals surface area contributed by atoms with Gasteiger partial charge in [0.05, 0.1) is 18.4 Å². The Kier molecular flexibility index (Phi) is 6.89. The van der Waals surface area contributed by atoms with Crippen molar-refractivity contribution < 1.29 is 37.5 Å². The Bertz CT molecular complexity index is 1160. The van der Waals surface area contributed by atoms with Crippen LogP contribution in [0, 0.1) is 6.92 Å². The zero-order valence-electron chi connectivity index (χ0n) is 17.7. The SMILES string of the molecule is CCOC(=O)c1c(NC(=O)COC(=O)c2occc2-c2ccccc2)oc(C)c1C(C)=O. The number of furan rings is 2. The second-order valence-electron chi connectivity index (χ2n) is 6.67. The average Bonchev–Trinajstić information content (AvgIpc) is 3.37. The maximum absolute atomic E-state index is 12.4. The molecule has 166 valence electrons. The second kappa shape index (κ2) is 9.78. The lowest BCUT2D eigenvalue weighted by Crippen LogP contribution is -2.22. The molecule has 0 atom stereocenters. The Balaban J connectivity index is 1.72. The summed E-state index contributed by atoms with van der Waals surface area (Å²) in [4.78, 5) is 49.0. The van der Waals surface area contributed by atoms with E-state index in [-0.39, 0.29) is 35.1 Å². The van der Waals surface area contributed by atoms with Gasteiger partial charge in [0.15, 0.2) is 12.4 Å². The molecule has 3 aromatic rings. The molecule has 0 unspecified atom stereocenters. The van der Waals surface area contributed by atoms with Crippen LogP contribution in [0.3, 0.4) is 0 Å². The van der Waals surface area contributed by atoms with Crippen LogP contribution < -0.4 is 5.32 Å². The quantitative estimate of drug-likeness (QED) is 0.412. The van der Waals surface area contributed by atoms with E-state index in [0.29, 0.717) is 5.56 Å². The molecule has 0 spiro atoms. The van der Waals surface area contributed by atoms with Crippen LogP contribution >= 0.6 is 0 Å². The van der Waals surface area contributed by atoms with Gasteiger partial charge in [0.25, 0.3) is 5.91 Å². The number of Topliss-reactive ketones (excluding diaryl/α,β-unsaturated/α-hetero) is 1. The van der Waals surface area contributed by atoms with Crippen LogP contribution in [0.15, 0.2) is 51.5 Å². The number of ether oxygens (including phenoxy) is 2. The molecule has 3 rings (SSSR count). The predicted molar refractivity (Wildman–Crippen MR) is 112 cm³/mol. The van der Waals surface area contributed by atoms with Crippen molar-refractivity contribution in [3.8, 4) is 11.1 Å². The number of nitrogens with one attached hydrogen (secondary N) is 1. The van der Waals surface area contributed by atoms with Crippen molar-refractivity contribution in [1.82, 2.24) is 0 Å². The molecule has 1 amide bonds. The summed E-state index contributed by atoms with van der Waals surface area (Å²) in [5.41, 5.74) is 1.10. The smallest absolute Gasteiger partial charge is 0.375 e. The summed E-state index contributed by atoms with van der Waals surface area (Å²) in [7, 11) is 0. The van der Waals surface area contributed by atoms with E-state index in [1.165, 1.54) is 20.1 Å². The summed E-state index contributed by atoms with van der Waals surface area (Å²) < 4.78 is 20.6. The third kappa shape index (κ3) is 4.77. The van der Waals surface area contributed by atoms with Crippen LogP contribution in [0.25, 0.3) is 11.1 Å².